The first-order valence-electron chi connectivity index (χ1n) is 26.0. The third-order valence-corrected chi connectivity index (χ3v) is 16.7. The van der Waals surface area contributed by atoms with Gasteiger partial charge in [0.25, 0.3) is 0 Å². The maximum atomic E-state index is 6.85. The smallest absolute Gasteiger partial charge is 0.137 e. The van der Waals surface area contributed by atoms with Gasteiger partial charge < -0.3 is 4.74 Å². The van der Waals surface area contributed by atoms with E-state index in [1.807, 2.05) is 6.20 Å². The molecule has 0 spiro atoms. The Morgan fingerprint density at radius 1 is 0.551 bits per heavy atom. The molecule has 0 amide bonds. The predicted molar refractivity (Wildman–Crippen MR) is 294 cm³/mol. The van der Waals surface area contributed by atoms with Gasteiger partial charge in [-0.1, -0.05) is 140 Å². The van der Waals surface area contributed by atoms with Crippen LogP contribution in [-0.2, 0) is 16.2 Å². The molecule has 0 radical (unpaired) electrons. The van der Waals surface area contributed by atoms with Crippen molar-refractivity contribution < 1.29 is 4.74 Å². The normalized spacial score (nSPS) is 19.0. The minimum Gasteiger partial charge on any atom is -0.457 e. The highest BCUT2D eigenvalue weighted by molar-refractivity contribution is 6.10. The minimum absolute atomic E-state index is 0.0366. The van der Waals surface area contributed by atoms with Crippen molar-refractivity contribution in [3.8, 4) is 39.7 Å². The minimum atomic E-state index is -0.0628. The van der Waals surface area contributed by atoms with Gasteiger partial charge in [-0.3, -0.25) is 9.55 Å². The van der Waals surface area contributed by atoms with Crippen molar-refractivity contribution in [2.75, 3.05) is 0 Å². The summed E-state index contributed by atoms with van der Waals surface area (Å²) in [6, 6.07) is 34.1. The lowest BCUT2D eigenvalue weighted by molar-refractivity contribution is -0.00954. The average molecular weight is 920 g/mol. The first-order chi connectivity index (χ1) is 32.0. The number of rotatable bonds is 7. The van der Waals surface area contributed by atoms with Crippen LogP contribution in [-0.4, -0.2) is 14.5 Å². The van der Waals surface area contributed by atoms with E-state index in [1.165, 1.54) is 99.3 Å². The molecule has 2 aliphatic carbocycles. The molecular weight excluding hydrogens is 839 g/mol. The molecule has 0 unspecified atom stereocenters. The van der Waals surface area contributed by atoms with Crippen LogP contribution in [0.5, 0.6) is 11.5 Å². The standard InChI is InChI=1S/C65H81N3O/c1-41-31-44(58-63(13,14)39-62(11,12)40-64(58,15)16)21-24-48(41)50-35-54(66-37-42(50)2)43-19-18-20-46(32-43)69-47-23-25-49-51-33-45(65(17)29-27-61(9,10)28-30-65)22-26-55(51)68(56(49)34-47)57-36-52(59(3,4)5)53(38-67-57)60(6,7)8/h18-26,31-38,58H,27-30,39-40H2,1-17H3. The summed E-state index contributed by atoms with van der Waals surface area (Å²) in [6.07, 6.45) is 11.5. The van der Waals surface area contributed by atoms with Gasteiger partial charge in [-0.2, -0.15) is 0 Å². The molecule has 3 heterocycles. The van der Waals surface area contributed by atoms with Crippen LogP contribution in [0.15, 0.2) is 103 Å². The Balaban J connectivity index is 1.08. The Labute approximate surface area is 415 Å². The fourth-order valence-corrected chi connectivity index (χ4v) is 13.9. The maximum Gasteiger partial charge on any atom is 0.137 e. The van der Waals surface area contributed by atoms with Crippen LogP contribution in [0.25, 0.3) is 50.0 Å². The number of benzene rings is 4. The molecule has 2 aliphatic rings. The number of fused-ring (bicyclic) bond motifs is 3. The molecule has 2 fully saturated rings. The lowest BCUT2D eigenvalue weighted by Gasteiger charge is -2.56. The number of hydrogen-bond acceptors (Lipinski definition) is 3. The van der Waals surface area contributed by atoms with Gasteiger partial charge in [-0.05, 0) is 189 Å². The fraction of sp³-hybridized carbons (Fsp3) is 0.477. The van der Waals surface area contributed by atoms with Crippen molar-refractivity contribution in [1.29, 1.82) is 0 Å². The van der Waals surface area contributed by atoms with Gasteiger partial charge in [0, 0.05) is 34.8 Å². The molecule has 4 heteroatoms. The van der Waals surface area contributed by atoms with E-state index in [2.05, 4.69) is 219 Å². The average Bonchev–Trinajstić information content (AvgIpc) is 3.56. The largest absolute Gasteiger partial charge is 0.457 e. The summed E-state index contributed by atoms with van der Waals surface area (Å²) < 4.78 is 9.22. The molecule has 0 N–H and O–H groups in total. The second-order valence-corrected chi connectivity index (χ2v) is 27.1. The van der Waals surface area contributed by atoms with E-state index in [0.717, 1.165) is 34.1 Å². The third-order valence-electron chi connectivity index (χ3n) is 16.7. The summed E-state index contributed by atoms with van der Waals surface area (Å²) in [6.45, 7) is 40.5. The molecule has 0 aliphatic heterocycles. The fourth-order valence-electron chi connectivity index (χ4n) is 13.9. The molecule has 4 nitrogen and oxygen atoms in total. The van der Waals surface area contributed by atoms with Crippen molar-refractivity contribution >= 4 is 21.8 Å². The van der Waals surface area contributed by atoms with Crippen LogP contribution in [0, 0.1) is 35.5 Å². The summed E-state index contributed by atoms with van der Waals surface area (Å²) in [5.74, 6) is 2.98. The summed E-state index contributed by atoms with van der Waals surface area (Å²) in [4.78, 5) is 10.3. The Morgan fingerprint density at radius 3 is 1.87 bits per heavy atom. The van der Waals surface area contributed by atoms with Gasteiger partial charge in [0.1, 0.15) is 17.3 Å². The molecule has 2 saturated carbocycles. The van der Waals surface area contributed by atoms with Crippen molar-refractivity contribution in [1.82, 2.24) is 14.5 Å². The van der Waals surface area contributed by atoms with E-state index in [-0.39, 0.29) is 27.1 Å². The van der Waals surface area contributed by atoms with E-state index in [4.69, 9.17) is 14.7 Å². The van der Waals surface area contributed by atoms with Gasteiger partial charge in [-0.15, -0.1) is 0 Å². The zero-order valence-electron chi connectivity index (χ0n) is 45.4. The Bertz CT molecular complexity index is 3070. The van der Waals surface area contributed by atoms with Crippen LogP contribution < -0.4 is 4.74 Å². The maximum absolute atomic E-state index is 6.85. The van der Waals surface area contributed by atoms with Gasteiger partial charge in [-0.25, -0.2) is 4.98 Å². The number of aromatic nitrogens is 3. The first kappa shape index (κ1) is 48.8. The van der Waals surface area contributed by atoms with Gasteiger partial charge in [0.05, 0.1) is 16.7 Å². The number of pyridine rings is 2. The SMILES string of the molecule is Cc1cc(C2C(C)(C)CC(C)(C)CC2(C)C)ccc1-c1cc(-c2cccc(Oc3ccc4c5cc(C6(C)CCC(C)(C)CC6)ccc5n(-c5cc(C(C)(C)C)c(C(C)(C)C)cn5)c4c3)c2)ncc1C. The lowest BCUT2D eigenvalue weighted by Crippen LogP contribution is -2.45. The highest BCUT2D eigenvalue weighted by Crippen LogP contribution is 2.62. The van der Waals surface area contributed by atoms with Crippen LogP contribution >= 0.6 is 0 Å². The highest BCUT2D eigenvalue weighted by Gasteiger charge is 2.50. The Morgan fingerprint density at radius 2 is 1.22 bits per heavy atom. The molecule has 69 heavy (non-hydrogen) atoms. The molecule has 3 aromatic heterocycles. The number of hydrogen-bond donors (Lipinski definition) is 0. The van der Waals surface area contributed by atoms with E-state index in [1.54, 1.807) is 0 Å². The van der Waals surface area contributed by atoms with Crippen LogP contribution in [0.1, 0.15) is 182 Å². The quantitative estimate of drug-likeness (QED) is 0.160. The van der Waals surface area contributed by atoms with E-state index >= 15 is 0 Å². The Hall–Kier alpha value is -5.22. The lowest BCUT2D eigenvalue weighted by atomic mass is 9.49. The monoisotopic (exact) mass is 920 g/mol. The molecule has 0 atom stereocenters. The van der Waals surface area contributed by atoms with Gasteiger partial charge in [0.2, 0.25) is 0 Å². The predicted octanol–water partition coefficient (Wildman–Crippen LogP) is 18.7. The first-order valence-corrected chi connectivity index (χ1v) is 26.0. The molecule has 9 rings (SSSR count). The highest BCUT2D eigenvalue weighted by atomic mass is 16.5. The summed E-state index contributed by atoms with van der Waals surface area (Å²) in [5, 5.41) is 2.47. The number of nitrogens with zero attached hydrogens (tertiary/aromatic N) is 3. The van der Waals surface area contributed by atoms with Crippen molar-refractivity contribution in [2.24, 2.45) is 21.7 Å². The molecule has 0 bridgehead atoms. The number of aryl methyl sites for hydroxylation is 2. The van der Waals surface area contributed by atoms with E-state index in [9.17, 15) is 0 Å². The summed E-state index contributed by atoms with van der Waals surface area (Å²) >= 11 is 0. The van der Waals surface area contributed by atoms with Gasteiger partial charge in [0.15, 0.2) is 0 Å². The van der Waals surface area contributed by atoms with Crippen LogP contribution in [0.3, 0.4) is 0 Å². The molecule has 4 aromatic carbocycles. The van der Waals surface area contributed by atoms with Crippen LogP contribution in [0.4, 0.5) is 0 Å². The molecule has 362 valence electrons. The zero-order chi connectivity index (χ0) is 49.9. The molecular formula is C65H81N3O. The second-order valence-electron chi connectivity index (χ2n) is 27.1. The zero-order valence-corrected chi connectivity index (χ0v) is 45.4. The second kappa shape index (κ2) is 16.7. The van der Waals surface area contributed by atoms with Crippen molar-refractivity contribution in [3.63, 3.8) is 0 Å². The van der Waals surface area contributed by atoms with Crippen molar-refractivity contribution in [2.45, 2.75) is 178 Å². The third kappa shape index (κ3) is 9.32. The van der Waals surface area contributed by atoms with Crippen molar-refractivity contribution in [3.05, 3.63) is 137 Å². The van der Waals surface area contributed by atoms with Crippen LogP contribution in [0.2, 0.25) is 0 Å². The topological polar surface area (TPSA) is 39.9 Å². The summed E-state index contributed by atoms with van der Waals surface area (Å²) in [7, 11) is 0. The van der Waals surface area contributed by atoms with E-state index in [0.29, 0.717) is 16.7 Å². The number of ether oxygens (including phenoxy) is 1. The Kier molecular flexibility index (Phi) is 11.8. The molecule has 7 aromatic rings. The van der Waals surface area contributed by atoms with E-state index < -0.39 is 0 Å². The van der Waals surface area contributed by atoms with Gasteiger partial charge >= 0.3 is 0 Å². The molecule has 0 saturated heterocycles. The summed E-state index contributed by atoms with van der Waals surface area (Å²) in [5.41, 5.74) is 15.9.